The Morgan fingerprint density at radius 2 is 2.00 bits per heavy atom. The summed E-state index contributed by atoms with van der Waals surface area (Å²) in [7, 11) is 0. The van der Waals surface area contributed by atoms with E-state index in [-0.39, 0.29) is 0 Å². The van der Waals surface area contributed by atoms with Gasteiger partial charge < -0.3 is 4.98 Å². The highest BCUT2D eigenvalue weighted by Crippen LogP contribution is 2.24. The molecule has 0 bridgehead atoms. The van der Waals surface area contributed by atoms with E-state index in [1.165, 1.54) is 5.56 Å². The summed E-state index contributed by atoms with van der Waals surface area (Å²) >= 11 is 5.45. The minimum Gasteiger partial charge on any atom is -0.329 e. The first-order valence-corrected chi connectivity index (χ1v) is 6.89. The molecule has 1 heterocycles. The summed E-state index contributed by atoms with van der Waals surface area (Å²) in [6.45, 7) is 2.12. The number of benzene rings is 2. The average molecular weight is 279 g/mol. The van der Waals surface area contributed by atoms with Gasteiger partial charge in [0, 0.05) is 0 Å². The van der Waals surface area contributed by atoms with E-state index in [1.54, 1.807) is 6.07 Å². The van der Waals surface area contributed by atoms with Gasteiger partial charge in [-0.15, -0.1) is 0 Å². The first kappa shape index (κ1) is 12.6. The van der Waals surface area contributed by atoms with Gasteiger partial charge in [0.05, 0.1) is 22.3 Å². The Labute approximate surface area is 122 Å². The Kier molecular flexibility index (Phi) is 3.13. The van der Waals surface area contributed by atoms with Gasteiger partial charge in [0.1, 0.15) is 6.07 Å². The number of fused-ring (bicyclic) bond motifs is 1. The van der Waals surface area contributed by atoms with Gasteiger partial charge in [-0.25, -0.2) is 0 Å². The number of aromatic amines is 1. The second kappa shape index (κ2) is 4.95. The van der Waals surface area contributed by atoms with Crippen molar-refractivity contribution in [1.29, 1.82) is 5.26 Å². The molecule has 3 rings (SSSR count). The molecule has 1 aromatic heterocycles. The molecule has 0 aliphatic heterocycles. The topological polar surface area (TPSA) is 44.5 Å². The van der Waals surface area contributed by atoms with Gasteiger partial charge in [-0.3, -0.25) is 4.57 Å². The molecule has 3 nitrogen and oxygen atoms in total. The Morgan fingerprint density at radius 3 is 2.75 bits per heavy atom. The maximum atomic E-state index is 9.19. The lowest BCUT2D eigenvalue weighted by Crippen LogP contribution is -1.98. The fourth-order valence-electron chi connectivity index (χ4n) is 2.49. The van der Waals surface area contributed by atoms with Crippen LogP contribution in [0, 0.1) is 16.1 Å². The Bertz CT molecular complexity index is 881. The van der Waals surface area contributed by atoms with Crippen LogP contribution in [-0.2, 0) is 6.42 Å². The molecular formula is C16H13N3S. The van der Waals surface area contributed by atoms with Crippen LogP contribution in [0.15, 0.2) is 42.5 Å². The van der Waals surface area contributed by atoms with Crippen molar-refractivity contribution in [2.24, 2.45) is 0 Å². The lowest BCUT2D eigenvalue weighted by atomic mass is 10.1. The molecule has 0 radical (unpaired) electrons. The normalized spacial score (nSPS) is 10.6. The molecule has 98 valence electrons. The van der Waals surface area contributed by atoms with Gasteiger partial charge in [0.25, 0.3) is 0 Å². The molecule has 1 N–H and O–H groups in total. The zero-order valence-corrected chi connectivity index (χ0v) is 11.9. The number of nitrogens with zero attached hydrogens (tertiary/aromatic N) is 2. The largest absolute Gasteiger partial charge is 0.329 e. The number of hydrogen-bond donors (Lipinski definition) is 1. The van der Waals surface area contributed by atoms with Crippen molar-refractivity contribution >= 4 is 23.3 Å². The number of nitrogens with one attached hydrogen (secondary N) is 1. The molecule has 2 aromatic carbocycles. The van der Waals surface area contributed by atoms with Crippen molar-refractivity contribution < 1.29 is 0 Å². The third kappa shape index (κ3) is 1.84. The van der Waals surface area contributed by atoms with E-state index in [0.29, 0.717) is 10.3 Å². The molecule has 4 heteroatoms. The van der Waals surface area contributed by atoms with Crippen molar-refractivity contribution in [2.45, 2.75) is 13.3 Å². The zero-order chi connectivity index (χ0) is 14.1. The first-order valence-electron chi connectivity index (χ1n) is 6.48. The fraction of sp³-hybridized carbons (Fsp3) is 0.125. The van der Waals surface area contributed by atoms with Crippen LogP contribution in [0.25, 0.3) is 16.7 Å². The molecule has 0 aliphatic rings. The quantitative estimate of drug-likeness (QED) is 0.717. The van der Waals surface area contributed by atoms with Crippen LogP contribution >= 0.6 is 12.2 Å². The predicted octanol–water partition coefficient (Wildman–Crippen LogP) is 4.12. The molecule has 0 spiro atoms. The fourth-order valence-corrected chi connectivity index (χ4v) is 2.79. The SMILES string of the molecule is CCc1ccccc1-n1c(=S)[nH]c2c(C#N)cccc21. The van der Waals surface area contributed by atoms with E-state index in [1.807, 2.05) is 28.8 Å². The summed E-state index contributed by atoms with van der Waals surface area (Å²) in [5, 5.41) is 9.19. The average Bonchev–Trinajstić information content (AvgIpc) is 2.82. The molecule has 0 saturated heterocycles. The highest BCUT2D eigenvalue weighted by Gasteiger charge is 2.11. The van der Waals surface area contributed by atoms with Gasteiger partial charge in [-0.2, -0.15) is 5.26 Å². The van der Waals surface area contributed by atoms with Gasteiger partial charge in [0.15, 0.2) is 4.77 Å². The lowest BCUT2D eigenvalue weighted by Gasteiger charge is -2.09. The third-order valence-corrected chi connectivity index (χ3v) is 3.74. The minimum absolute atomic E-state index is 0.612. The highest BCUT2D eigenvalue weighted by atomic mass is 32.1. The van der Waals surface area contributed by atoms with Crippen LogP contribution in [-0.4, -0.2) is 9.55 Å². The number of aryl methyl sites for hydroxylation is 1. The maximum Gasteiger partial charge on any atom is 0.182 e. The van der Waals surface area contributed by atoms with Gasteiger partial charge in [-0.05, 0) is 42.4 Å². The molecule has 0 atom stereocenters. The molecular weight excluding hydrogens is 266 g/mol. The number of hydrogen-bond acceptors (Lipinski definition) is 2. The van der Waals surface area contributed by atoms with Crippen molar-refractivity contribution in [2.75, 3.05) is 0 Å². The summed E-state index contributed by atoms with van der Waals surface area (Å²) in [4.78, 5) is 3.15. The Morgan fingerprint density at radius 1 is 1.20 bits per heavy atom. The highest BCUT2D eigenvalue weighted by molar-refractivity contribution is 7.71. The number of para-hydroxylation sites is 2. The number of rotatable bonds is 2. The van der Waals surface area contributed by atoms with Gasteiger partial charge in [-0.1, -0.05) is 31.2 Å². The Hall–Kier alpha value is -2.38. The van der Waals surface area contributed by atoms with Crippen molar-refractivity contribution in [3.63, 3.8) is 0 Å². The van der Waals surface area contributed by atoms with Crippen molar-refractivity contribution in [3.8, 4) is 11.8 Å². The molecule has 0 aliphatic carbocycles. The zero-order valence-electron chi connectivity index (χ0n) is 11.1. The van der Waals surface area contributed by atoms with Crippen molar-refractivity contribution in [3.05, 3.63) is 58.4 Å². The number of aromatic nitrogens is 2. The van der Waals surface area contributed by atoms with Gasteiger partial charge >= 0.3 is 0 Å². The molecule has 3 aromatic rings. The third-order valence-electron chi connectivity index (χ3n) is 3.45. The second-order valence-electron chi connectivity index (χ2n) is 4.56. The molecule has 0 amide bonds. The van der Waals surface area contributed by atoms with E-state index >= 15 is 0 Å². The summed E-state index contributed by atoms with van der Waals surface area (Å²) in [6.07, 6.45) is 0.933. The summed E-state index contributed by atoms with van der Waals surface area (Å²) in [5.74, 6) is 0. The number of H-pyrrole nitrogens is 1. The van der Waals surface area contributed by atoms with Crippen LogP contribution in [0.3, 0.4) is 0 Å². The van der Waals surface area contributed by atoms with E-state index in [0.717, 1.165) is 23.1 Å². The van der Waals surface area contributed by atoms with E-state index in [2.05, 4.69) is 30.1 Å². The molecule has 0 unspecified atom stereocenters. The second-order valence-corrected chi connectivity index (χ2v) is 4.95. The van der Waals surface area contributed by atoms with Crippen LogP contribution in [0.4, 0.5) is 0 Å². The van der Waals surface area contributed by atoms with E-state index in [4.69, 9.17) is 12.2 Å². The Balaban J connectivity index is 2.41. The predicted molar refractivity (Wildman–Crippen MR) is 82.6 cm³/mol. The molecule has 0 saturated carbocycles. The molecule has 0 fully saturated rings. The van der Waals surface area contributed by atoms with Crippen LogP contribution in [0.5, 0.6) is 0 Å². The minimum atomic E-state index is 0.612. The van der Waals surface area contributed by atoms with Crippen LogP contribution in [0.1, 0.15) is 18.1 Å². The standard InChI is InChI=1S/C16H13N3S/c1-2-11-6-3-4-8-13(11)19-14-9-5-7-12(10-17)15(14)18-16(19)20/h3-9H,2H2,1H3,(H,18,20). The van der Waals surface area contributed by atoms with E-state index < -0.39 is 0 Å². The summed E-state index contributed by atoms with van der Waals surface area (Å²) in [6, 6.07) is 16.0. The van der Waals surface area contributed by atoms with E-state index in [9.17, 15) is 5.26 Å². The number of nitriles is 1. The lowest BCUT2D eigenvalue weighted by molar-refractivity contribution is 1.01. The monoisotopic (exact) mass is 279 g/mol. The maximum absolute atomic E-state index is 9.19. The smallest absolute Gasteiger partial charge is 0.182 e. The summed E-state index contributed by atoms with van der Waals surface area (Å²) < 4.78 is 2.62. The summed E-state index contributed by atoms with van der Waals surface area (Å²) in [5.41, 5.74) is 4.65. The van der Waals surface area contributed by atoms with Crippen LogP contribution in [0.2, 0.25) is 0 Å². The molecule has 20 heavy (non-hydrogen) atoms. The number of imidazole rings is 1. The first-order chi connectivity index (χ1) is 9.76. The van der Waals surface area contributed by atoms with Crippen molar-refractivity contribution in [1.82, 2.24) is 9.55 Å². The van der Waals surface area contributed by atoms with Crippen LogP contribution < -0.4 is 0 Å². The van der Waals surface area contributed by atoms with Gasteiger partial charge in [0.2, 0.25) is 0 Å².